The maximum atomic E-state index is 11.4. The first-order chi connectivity index (χ1) is 8.33. The highest BCUT2D eigenvalue weighted by atomic mass is 16.2. The Labute approximate surface area is 102 Å². The zero-order chi connectivity index (χ0) is 11.7. The second-order valence-electron chi connectivity index (χ2n) is 5.14. The van der Waals surface area contributed by atoms with Gasteiger partial charge in [0.2, 0.25) is 0 Å². The van der Waals surface area contributed by atoms with E-state index in [4.69, 9.17) is 0 Å². The summed E-state index contributed by atoms with van der Waals surface area (Å²) in [6.45, 7) is 0.804. The molecule has 2 aliphatic carbocycles. The number of carbonyl (C=O) groups excluding carboxylic acids is 1. The SMILES string of the molecule is O=C(NC[C@@H]1C[C@@H]1c1ccccc1)NC1CC1. The zero-order valence-electron chi connectivity index (χ0n) is 9.86. The van der Waals surface area contributed by atoms with E-state index in [9.17, 15) is 4.79 Å². The molecule has 2 atom stereocenters. The molecule has 3 nitrogen and oxygen atoms in total. The average Bonchev–Trinajstić information content (AvgIpc) is 3.23. The first-order valence-electron chi connectivity index (χ1n) is 6.42. The van der Waals surface area contributed by atoms with Crippen molar-refractivity contribution in [3.05, 3.63) is 35.9 Å². The second-order valence-corrected chi connectivity index (χ2v) is 5.14. The summed E-state index contributed by atoms with van der Waals surface area (Å²) in [4.78, 5) is 11.4. The van der Waals surface area contributed by atoms with Gasteiger partial charge in [0.05, 0.1) is 0 Å². The fourth-order valence-electron chi connectivity index (χ4n) is 2.27. The lowest BCUT2D eigenvalue weighted by Crippen LogP contribution is -2.37. The maximum Gasteiger partial charge on any atom is 0.315 e. The van der Waals surface area contributed by atoms with Crippen LogP contribution in [-0.2, 0) is 0 Å². The Hall–Kier alpha value is -1.51. The lowest BCUT2D eigenvalue weighted by Gasteiger charge is -2.06. The van der Waals surface area contributed by atoms with Crippen LogP contribution < -0.4 is 10.6 Å². The molecule has 0 bridgehead atoms. The molecule has 1 aromatic carbocycles. The van der Waals surface area contributed by atoms with Gasteiger partial charge in [0.1, 0.15) is 0 Å². The van der Waals surface area contributed by atoms with E-state index >= 15 is 0 Å². The number of hydrogen-bond acceptors (Lipinski definition) is 1. The minimum absolute atomic E-state index is 0.00575. The number of hydrogen-bond donors (Lipinski definition) is 2. The van der Waals surface area contributed by atoms with Crippen molar-refractivity contribution in [3.63, 3.8) is 0 Å². The van der Waals surface area contributed by atoms with E-state index in [-0.39, 0.29) is 6.03 Å². The molecule has 2 aliphatic rings. The van der Waals surface area contributed by atoms with Crippen LogP contribution in [0.3, 0.4) is 0 Å². The number of nitrogens with one attached hydrogen (secondary N) is 2. The molecule has 2 saturated carbocycles. The molecule has 0 spiro atoms. The minimum Gasteiger partial charge on any atom is -0.338 e. The van der Waals surface area contributed by atoms with E-state index in [1.54, 1.807) is 0 Å². The molecule has 0 radical (unpaired) electrons. The molecule has 2 N–H and O–H groups in total. The standard InChI is InChI=1S/C14H18N2O/c17-14(16-12-6-7-12)15-9-11-8-13(11)10-4-2-1-3-5-10/h1-5,11-13H,6-9H2,(H2,15,16,17)/t11-,13+/m0/s1. The van der Waals surface area contributed by atoms with Crippen LogP contribution in [0.4, 0.5) is 4.79 Å². The summed E-state index contributed by atoms with van der Waals surface area (Å²) in [7, 11) is 0. The van der Waals surface area contributed by atoms with Crippen LogP contribution in [-0.4, -0.2) is 18.6 Å². The zero-order valence-corrected chi connectivity index (χ0v) is 9.86. The summed E-state index contributed by atoms with van der Waals surface area (Å²) in [5, 5.41) is 5.91. The molecule has 0 aliphatic heterocycles. The summed E-state index contributed by atoms with van der Waals surface area (Å²) in [6.07, 6.45) is 3.49. The summed E-state index contributed by atoms with van der Waals surface area (Å²) < 4.78 is 0. The number of amides is 2. The second kappa shape index (κ2) is 4.40. The van der Waals surface area contributed by atoms with E-state index in [0.717, 1.165) is 19.4 Å². The van der Waals surface area contributed by atoms with Crippen LogP contribution in [0.15, 0.2) is 30.3 Å². The van der Waals surface area contributed by atoms with Gasteiger partial charge in [-0.05, 0) is 36.7 Å². The minimum atomic E-state index is 0.00575. The van der Waals surface area contributed by atoms with Crippen molar-refractivity contribution in [1.29, 1.82) is 0 Å². The van der Waals surface area contributed by atoms with Crippen molar-refractivity contribution in [1.82, 2.24) is 10.6 Å². The monoisotopic (exact) mass is 230 g/mol. The summed E-state index contributed by atoms with van der Waals surface area (Å²) in [5.74, 6) is 1.28. The fraction of sp³-hybridized carbons (Fsp3) is 0.500. The van der Waals surface area contributed by atoms with E-state index in [1.165, 1.54) is 12.0 Å². The largest absolute Gasteiger partial charge is 0.338 e. The van der Waals surface area contributed by atoms with Crippen molar-refractivity contribution in [2.24, 2.45) is 5.92 Å². The normalized spacial score (nSPS) is 26.4. The molecule has 0 saturated heterocycles. The molecule has 2 amide bonds. The highest BCUT2D eigenvalue weighted by Gasteiger charge is 2.38. The summed E-state index contributed by atoms with van der Waals surface area (Å²) in [5.41, 5.74) is 1.40. The highest BCUT2D eigenvalue weighted by Crippen LogP contribution is 2.46. The Bertz CT molecular complexity index is 400. The van der Waals surface area contributed by atoms with Crippen molar-refractivity contribution in [3.8, 4) is 0 Å². The molecule has 3 rings (SSSR count). The molecular formula is C14H18N2O. The van der Waals surface area contributed by atoms with Crippen LogP contribution in [0.25, 0.3) is 0 Å². The molecule has 1 aromatic rings. The molecule has 17 heavy (non-hydrogen) atoms. The number of rotatable bonds is 4. The van der Waals surface area contributed by atoms with Crippen molar-refractivity contribution in [2.45, 2.75) is 31.2 Å². The van der Waals surface area contributed by atoms with E-state index in [0.29, 0.717) is 17.9 Å². The quantitative estimate of drug-likeness (QED) is 0.818. The first-order valence-corrected chi connectivity index (χ1v) is 6.42. The number of benzene rings is 1. The topological polar surface area (TPSA) is 41.1 Å². The first kappa shape index (κ1) is 10.6. The molecule has 0 aromatic heterocycles. The van der Waals surface area contributed by atoms with Gasteiger partial charge in [-0.1, -0.05) is 30.3 Å². The van der Waals surface area contributed by atoms with Gasteiger partial charge in [-0.3, -0.25) is 0 Å². The van der Waals surface area contributed by atoms with Gasteiger partial charge >= 0.3 is 6.03 Å². The van der Waals surface area contributed by atoms with Gasteiger partial charge in [-0.25, -0.2) is 4.79 Å². The molecule has 0 unspecified atom stereocenters. The fourth-order valence-corrected chi connectivity index (χ4v) is 2.27. The van der Waals surface area contributed by atoms with Crippen LogP contribution >= 0.6 is 0 Å². The maximum absolute atomic E-state index is 11.4. The Morgan fingerprint density at radius 1 is 1.24 bits per heavy atom. The number of urea groups is 1. The number of carbonyl (C=O) groups is 1. The molecule has 90 valence electrons. The van der Waals surface area contributed by atoms with Gasteiger partial charge in [0, 0.05) is 12.6 Å². The van der Waals surface area contributed by atoms with Gasteiger partial charge in [0.15, 0.2) is 0 Å². The van der Waals surface area contributed by atoms with E-state index in [2.05, 4.69) is 34.9 Å². The van der Waals surface area contributed by atoms with Crippen LogP contribution in [0, 0.1) is 5.92 Å². The van der Waals surface area contributed by atoms with Gasteiger partial charge in [0.25, 0.3) is 0 Å². The van der Waals surface area contributed by atoms with Crippen molar-refractivity contribution in [2.75, 3.05) is 6.54 Å². The summed E-state index contributed by atoms with van der Waals surface area (Å²) >= 11 is 0. The molecular weight excluding hydrogens is 212 g/mol. The molecule has 0 heterocycles. The third kappa shape index (κ3) is 2.78. The third-order valence-electron chi connectivity index (χ3n) is 3.59. The highest BCUT2D eigenvalue weighted by molar-refractivity contribution is 5.74. The van der Waals surface area contributed by atoms with Crippen LogP contribution in [0.2, 0.25) is 0 Å². The van der Waals surface area contributed by atoms with Crippen molar-refractivity contribution >= 4 is 6.03 Å². The van der Waals surface area contributed by atoms with Gasteiger partial charge in [-0.2, -0.15) is 0 Å². The van der Waals surface area contributed by atoms with Gasteiger partial charge in [-0.15, -0.1) is 0 Å². The molecule has 3 heteroatoms. The smallest absolute Gasteiger partial charge is 0.315 e. The molecule has 2 fully saturated rings. The Balaban J connectivity index is 1.41. The lowest BCUT2D eigenvalue weighted by molar-refractivity contribution is 0.240. The van der Waals surface area contributed by atoms with E-state index < -0.39 is 0 Å². The van der Waals surface area contributed by atoms with Crippen molar-refractivity contribution < 1.29 is 4.79 Å². The summed E-state index contributed by atoms with van der Waals surface area (Å²) in [6, 6.07) is 11.0. The van der Waals surface area contributed by atoms with Gasteiger partial charge < -0.3 is 10.6 Å². The predicted molar refractivity (Wildman–Crippen MR) is 66.8 cm³/mol. The Morgan fingerprint density at radius 3 is 2.71 bits per heavy atom. The lowest BCUT2D eigenvalue weighted by atomic mass is 10.1. The Kier molecular flexibility index (Phi) is 2.75. The van der Waals surface area contributed by atoms with E-state index in [1.807, 2.05) is 6.07 Å². The third-order valence-corrected chi connectivity index (χ3v) is 3.59. The van der Waals surface area contributed by atoms with Crippen LogP contribution in [0.1, 0.15) is 30.7 Å². The predicted octanol–water partition coefficient (Wildman–Crippen LogP) is 2.25. The van der Waals surface area contributed by atoms with Crippen LogP contribution in [0.5, 0.6) is 0 Å². The average molecular weight is 230 g/mol. The Morgan fingerprint density at radius 2 is 2.00 bits per heavy atom.